The Morgan fingerprint density at radius 1 is 1.29 bits per heavy atom. The maximum Gasteiger partial charge on any atom is 0.137 e. The van der Waals surface area contributed by atoms with E-state index in [1.807, 2.05) is 6.07 Å². The molecule has 1 N–H and O–H groups in total. The van der Waals surface area contributed by atoms with Crippen LogP contribution < -0.4 is 5.32 Å². The third-order valence-electron chi connectivity index (χ3n) is 4.03. The molecule has 1 fully saturated rings. The Hall–Kier alpha value is -0.540. The average molecular weight is 309 g/mol. The summed E-state index contributed by atoms with van der Waals surface area (Å²) in [5.74, 6) is 0.714. The van der Waals surface area contributed by atoms with E-state index in [4.69, 9.17) is 0 Å². The second-order valence-electron chi connectivity index (χ2n) is 7.34. The molecular weight excluding hydrogens is 281 g/mol. The summed E-state index contributed by atoms with van der Waals surface area (Å²) in [5, 5.41) is 4.04. The molecule has 0 radical (unpaired) electrons. The molecule has 3 heteroatoms. The van der Waals surface area contributed by atoms with Crippen molar-refractivity contribution >= 4 is 11.8 Å². The number of hydrogen-bond donors (Lipinski definition) is 1. The Kier molecular flexibility index (Phi) is 5.73. The highest BCUT2D eigenvalue weighted by Crippen LogP contribution is 2.38. The van der Waals surface area contributed by atoms with Crippen LogP contribution in [-0.4, -0.2) is 10.8 Å². The number of halogens is 1. The van der Waals surface area contributed by atoms with Crippen molar-refractivity contribution in [1.29, 1.82) is 0 Å². The lowest BCUT2D eigenvalue weighted by Crippen LogP contribution is -2.35. The molecule has 118 valence electrons. The number of nitrogens with one attached hydrogen (secondary N) is 1. The Balaban J connectivity index is 2.10. The second-order valence-corrected chi connectivity index (χ2v) is 8.65. The molecule has 1 aliphatic carbocycles. The first kappa shape index (κ1) is 16.8. The minimum atomic E-state index is -0.0635. The average Bonchev–Trinajstić information content (AvgIpc) is 2.39. The van der Waals surface area contributed by atoms with Crippen LogP contribution in [0.3, 0.4) is 0 Å². The van der Waals surface area contributed by atoms with E-state index in [2.05, 4.69) is 39.1 Å². The standard InChI is InChI=1S/C18H28FNS/c1-13-7-5-9-15(11-13)21-17-14(8-6-10-16(17)19)12-20-18(2,3)4/h6,8,10,13,15,20H,5,7,9,11-12H2,1-4H3. The molecular formula is C18H28FNS. The van der Waals surface area contributed by atoms with Gasteiger partial charge in [0.1, 0.15) is 5.82 Å². The van der Waals surface area contributed by atoms with Gasteiger partial charge in [-0.1, -0.05) is 31.9 Å². The van der Waals surface area contributed by atoms with E-state index in [-0.39, 0.29) is 11.4 Å². The molecule has 2 unspecified atom stereocenters. The van der Waals surface area contributed by atoms with Crippen LogP contribution in [0.4, 0.5) is 4.39 Å². The van der Waals surface area contributed by atoms with Crippen LogP contribution in [0.5, 0.6) is 0 Å². The van der Waals surface area contributed by atoms with Gasteiger partial charge in [-0.3, -0.25) is 0 Å². The van der Waals surface area contributed by atoms with Gasteiger partial charge in [-0.15, -0.1) is 11.8 Å². The topological polar surface area (TPSA) is 12.0 Å². The minimum absolute atomic E-state index is 0.0492. The predicted octanol–water partition coefficient (Wildman–Crippen LogP) is 5.38. The summed E-state index contributed by atoms with van der Waals surface area (Å²) in [7, 11) is 0. The number of thioether (sulfide) groups is 1. The van der Waals surface area contributed by atoms with Crippen molar-refractivity contribution in [2.75, 3.05) is 0 Å². The fourth-order valence-electron chi connectivity index (χ4n) is 2.84. The Morgan fingerprint density at radius 2 is 2.05 bits per heavy atom. The normalized spacial score (nSPS) is 23.3. The van der Waals surface area contributed by atoms with Crippen molar-refractivity contribution in [3.63, 3.8) is 0 Å². The third-order valence-corrected chi connectivity index (χ3v) is 5.48. The summed E-state index contributed by atoms with van der Waals surface area (Å²) in [6, 6.07) is 5.47. The minimum Gasteiger partial charge on any atom is -0.308 e. The van der Waals surface area contributed by atoms with Gasteiger partial charge in [0.15, 0.2) is 0 Å². The molecule has 0 bridgehead atoms. The maximum absolute atomic E-state index is 14.3. The van der Waals surface area contributed by atoms with Gasteiger partial charge in [-0.05, 0) is 51.2 Å². The molecule has 21 heavy (non-hydrogen) atoms. The third kappa shape index (κ3) is 5.30. The lowest BCUT2D eigenvalue weighted by Gasteiger charge is -2.27. The maximum atomic E-state index is 14.3. The van der Waals surface area contributed by atoms with E-state index in [9.17, 15) is 4.39 Å². The Labute approximate surface area is 133 Å². The predicted molar refractivity (Wildman–Crippen MR) is 90.3 cm³/mol. The molecule has 0 amide bonds. The fourth-order valence-corrected chi connectivity index (χ4v) is 4.35. The van der Waals surface area contributed by atoms with Gasteiger partial charge in [-0.2, -0.15) is 0 Å². The summed E-state index contributed by atoms with van der Waals surface area (Å²) >= 11 is 1.76. The molecule has 0 aliphatic heterocycles. The van der Waals surface area contributed by atoms with Gasteiger partial charge >= 0.3 is 0 Å². The van der Waals surface area contributed by atoms with E-state index >= 15 is 0 Å². The SMILES string of the molecule is CC1CCCC(Sc2c(F)cccc2CNC(C)(C)C)C1. The van der Waals surface area contributed by atoms with Crippen LogP contribution in [0, 0.1) is 11.7 Å². The number of hydrogen-bond acceptors (Lipinski definition) is 2. The summed E-state index contributed by atoms with van der Waals surface area (Å²) in [5.41, 5.74) is 1.14. The van der Waals surface area contributed by atoms with Crippen molar-refractivity contribution in [3.05, 3.63) is 29.6 Å². The van der Waals surface area contributed by atoms with Crippen molar-refractivity contribution in [3.8, 4) is 0 Å². The molecule has 0 heterocycles. The lowest BCUT2D eigenvalue weighted by atomic mass is 9.91. The summed E-state index contributed by atoms with van der Waals surface area (Å²) in [6.07, 6.45) is 5.04. The van der Waals surface area contributed by atoms with E-state index in [0.717, 1.165) is 22.9 Å². The van der Waals surface area contributed by atoms with Gasteiger partial charge in [0, 0.05) is 22.2 Å². The van der Waals surface area contributed by atoms with Crippen molar-refractivity contribution in [1.82, 2.24) is 5.32 Å². The van der Waals surface area contributed by atoms with E-state index < -0.39 is 0 Å². The first-order valence-corrected chi connectivity index (χ1v) is 8.92. The molecule has 1 aliphatic rings. The molecule has 1 aromatic carbocycles. The summed E-state index contributed by atoms with van der Waals surface area (Å²) < 4.78 is 14.3. The molecule has 1 aromatic rings. The van der Waals surface area contributed by atoms with Crippen LogP contribution in [0.1, 0.15) is 58.9 Å². The van der Waals surface area contributed by atoms with E-state index in [0.29, 0.717) is 5.25 Å². The first-order chi connectivity index (χ1) is 9.85. The summed E-state index contributed by atoms with van der Waals surface area (Å²) in [6.45, 7) is 9.47. The highest BCUT2D eigenvalue weighted by Gasteiger charge is 2.22. The molecule has 0 aromatic heterocycles. The molecule has 1 nitrogen and oxygen atoms in total. The largest absolute Gasteiger partial charge is 0.308 e. The number of rotatable bonds is 4. The molecule has 0 spiro atoms. The van der Waals surface area contributed by atoms with Gasteiger partial charge < -0.3 is 5.32 Å². The monoisotopic (exact) mass is 309 g/mol. The van der Waals surface area contributed by atoms with Crippen LogP contribution in [-0.2, 0) is 6.54 Å². The molecule has 1 saturated carbocycles. The van der Waals surface area contributed by atoms with Gasteiger partial charge in [0.25, 0.3) is 0 Å². The zero-order chi connectivity index (χ0) is 15.5. The van der Waals surface area contributed by atoms with Gasteiger partial charge in [0.2, 0.25) is 0 Å². The van der Waals surface area contributed by atoms with Crippen LogP contribution in [0.15, 0.2) is 23.1 Å². The zero-order valence-electron chi connectivity index (χ0n) is 13.7. The highest BCUT2D eigenvalue weighted by atomic mass is 32.2. The van der Waals surface area contributed by atoms with Crippen molar-refractivity contribution in [2.24, 2.45) is 5.92 Å². The van der Waals surface area contributed by atoms with Crippen molar-refractivity contribution in [2.45, 2.75) is 75.6 Å². The lowest BCUT2D eigenvalue weighted by molar-refractivity contribution is 0.393. The van der Waals surface area contributed by atoms with Crippen LogP contribution in [0.2, 0.25) is 0 Å². The highest BCUT2D eigenvalue weighted by molar-refractivity contribution is 8.00. The molecule has 0 saturated heterocycles. The zero-order valence-corrected chi connectivity index (χ0v) is 14.5. The van der Waals surface area contributed by atoms with Crippen LogP contribution >= 0.6 is 11.8 Å². The van der Waals surface area contributed by atoms with Crippen LogP contribution in [0.25, 0.3) is 0 Å². The van der Waals surface area contributed by atoms with Gasteiger partial charge in [0.05, 0.1) is 0 Å². The number of benzene rings is 1. The smallest absolute Gasteiger partial charge is 0.137 e. The first-order valence-electron chi connectivity index (χ1n) is 8.04. The fraction of sp³-hybridized carbons (Fsp3) is 0.667. The molecule has 2 rings (SSSR count). The molecule has 2 atom stereocenters. The van der Waals surface area contributed by atoms with E-state index in [1.54, 1.807) is 17.8 Å². The van der Waals surface area contributed by atoms with Crippen molar-refractivity contribution < 1.29 is 4.39 Å². The quantitative estimate of drug-likeness (QED) is 0.801. The van der Waals surface area contributed by atoms with E-state index in [1.165, 1.54) is 25.7 Å². The second kappa shape index (κ2) is 7.15. The Bertz CT molecular complexity index is 467. The van der Waals surface area contributed by atoms with Gasteiger partial charge in [-0.25, -0.2) is 4.39 Å². The Morgan fingerprint density at radius 3 is 2.71 bits per heavy atom. The summed E-state index contributed by atoms with van der Waals surface area (Å²) in [4.78, 5) is 0.855.